The van der Waals surface area contributed by atoms with Crippen molar-refractivity contribution in [1.29, 1.82) is 0 Å². The van der Waals surface area contributed by atoms with Crippen molar-refractivity contribution < 1.29 is 18.6 Å². The number of para-hydroxylation sites is 1. The van der Waals surface area contributed by atoms with E-state index in [9.17, 15) is 4.39 Å². The highest BCUT2D eigenvalue weighted by atomic mass is 19.1. The number of hydrogen-bond acceptors (Lipinski definition) is 4. The van der Waals surface area contributed by atoms with Gasteiger partial charge >= 0.3 is 0 Å². The minimum absolute atomic E-state index is 0.251. The molecule has 45 heavy (non-hydrogen) atoms. The van der Waals surface area contributed by atoms with Crippen LogP contribution < -0.4 is 14.4 Å². The predicted octanol–water partition coefficient (Wildman–Crippen LogP) is 8.99. The molecule has 6 rings (SSSR count). The van der Waals surface area contributed by atoms with Crippen molar-refractivity contribution in [3.05, 3.63) is 149 Å². The Bertz CT molecular complexity index is 1720. The lowest BCUT2D eigenvalue weighted by Gasteiger charge is -2.27. The quantitative estimate of drug-likeness (QED) is 0.151. The first-order valence-electron chi connectivity index (χ1n) is 15.6. The number of hydrogen-bond donors (Lipinski definition) is 0. The summed E-state index contributed by atoms with van der Waals surface area (Å²) in [6.07, 6.45) is 1.80. The predicted molar refractivity (Wildman–Crippen MR) is 180 cm³/mol. The van der Waals surface area contributed by atoms with Gasteiger partial charge in [0.25, 0.3) is 0 Å². The van der Waals surface area contributed by atoms with Crippen LogP contribution in [0.4, 0.5) is 10.1 Å². The second-order valence-electron chi connectivity index (χ2n) is 11.8. The maximum Gasteiger partial charge on any atom is 0.131 e. The van der Waals surface area contributed by atoms with E-state index in [0.29, 0.717) is 30.4 Å². The fourth-order valence-corrected chi connectivity index (χ4v) is 6.45. The molecule has 1 saturated heterocycles. The molecule has 2 atom stereocenters. The Morgan fingerprint density at radius 3 is 2.31 bits per heavy atom. The number of ether oxygens (including phenoxy) is 3. The fourth-order valence-electron chi connectivity index (χ4n) is 6.45. The maximum atomic E-state index is 14.6. The molecule has 1 unspecified atom stereocenters. The van der Waals surface area contributed by atoms with Crippen molar-refractivity contribution in [1.82, 2.24) is 0 Å². The largest absolute Gasteiger partial charge is 0.497 e. The highest BCUT2D eigenvalue weighted by Crippen LogP contribution is 2.39. The van der Waals surface area contributed by atoms with Gasteiger partial charge in [-0.3, -0.25) is 0 Å². The van der Waals surface area contributed by atoms with E-state index >= 15 is 0 Å². The van der Waals surface area contributed by atoms with Crippen LogP contribution in [0.15, 0.2) is 115 Å². The zero-order chi connectivity index (χ0) is 31.2. The lowest BCUT2D eigenvalue weighted by atomic mass is 9.95. The summed E-state index contributed by atoms with van der Waals surface area (Å²) in [5.41, 5.74) is 8.62. The third kappa shape index (κ3) is 7.05. The van der Waals surface area contributed by atoms with Crippen molar-refractivity contribution in [3.8, 4) is 22.6 Å². The molecular formula is C40H40FNO3. The van der Waals surface area contributed by atoms with Gasteiger partial charge in [-0.1, -0.05) is 78.9 Å². The van der Waals surface area contributed by atoms with E-state index in [-0.39, 0.29) is 11.9 Å². The van der Waals surface area contributed by atoms with Gasteiger partial charge in [0.15, 0.2) is 0 Å². The van der Waals surface area contributed by atoms with Crippen LogP contribution in [0, 0.1) is 12.7 Å². The molecule has 1 aliphatic heterocycles. The zero-order valence-electron chi connectivity index (χ0n) is 26.2. The minimum Gasteiger partial charge on any atom is -0.497 e. The molecule has 1 fully saturated rings. The van der Waals surface area contributed by atoms with Crippen LogP contribution in [0.25, 0.3) is 11.1 Å². The molecule has 4 nitrogen and oxygen atoms in total. The molecule has 1 aliphatic rings. The van der Waals surface area contributed by atoms with Gasteiger partial charge in [-0.2, -0.15) is 0 Å². The Labute approximate surface area is 266 Å². The summed E-state index contributed by atoms with van der Waals surface area (Å²) in [7, 11) is 3.34. The van der Waals surface area contributed by atoms with Crippen molar-refractivity contribution in [3.63, 3.8) is 0 Å². The average molecular weight is 602 g/mol. The molecule has 230 valence electrons. The van der Waals surface area contributed by atoms with E-state index in [4.69, 9.17) is 14.2 Å². The Hall–Kier alpha value is -4.61. The third-order valence-corrected chi connectivity index (χ3v) is 8.90. The molecule has 0 bridgehead atoms. The fraction of sp³-hybridized carbons (Fsp3) is 0.250. The highest BCUT2D eigenvalue weighted by Gasteiger charge is 2.34. The Morgan fingerprint density at radius 2 is 1.56 bits per heavy atom. The summed E-state index contributed by atoms with van der Waals surface area (Å²) < 4.78 is 31.9. The van der Waals surface area contributed by atoms with E-state index in [2.05, 4.69) is 90.7 Å². The third-order valence-electron chi connectivity index (χ3n) is 8.90. The number of benzene rings is 5. The SMILES string of the molecule is COc1ccc(F)c(-c2ccc(Cc3ccc(N4CC(c5ccccc5OC)C[C@@H]4COCc4ccccc4)cc3)c(C)c2)c1. The molecule has 0 spiro atoms. The van der Waals surface area contributed by atoms with E-state index in [1.54, 1.807) is 26.4 Å². The number of halogens is 1. The molecule has 0 N–H and O–H groups in total. The van der Waals surface area contributed by atoms with Gasteiger partial charge in [0.1, 0.15) is 17.3 Å². The average Bonchev–Trinajstić information content (AvgIpc) is 3.50. The van der Waals surface area contributed by atoms with Crippen molar-refractivity contribution in [2.45, 2.75) is 38.3 Å². The monoisotopic (exact) mass is 601 g/mol. The second-order valence-corrected chi connectivity index (χ2v) is 11.8. The van der Waals surface area contributed by atoms with Gasteiger partial charge in [-0.25, -0.2) is 4.39 Å². The van der Waals surface area contributed by atoms with Gasteiger partial charge in [0.05, 0.1) is 33.5 Å². The second kappa shape index (κ2) is 14.0. The van der Waals surface area contributed by atoms with Crippen molar-refractivity contribution >= 4 is 5.69 Å². The molecular weight excluding hydrogens is 561 g/mol. The first-order valence-corrected chi connectivity index (χ1v) is 15.6. The summed E-state index contributed by atoms with van der Waals surface area (Å²) in [6, 6.07) is 38.9. The normalized spacial score (nSPS) is 16.1. The summed E-state index contributed by atoms with van der Waals surface area (Å²) >= 11 is 0. The van der Waals surface area contributed by atoms with Crippen LogP contribution >= 0.6 is 0 Å². The molecule has 0 aromatic heterocycles. The first kappa shape index (κ1) is 30.4. The first-order chi connectivity index (χ1) is 22.0. The zero-order valence-corrected chi connectivity index (χ0v) is 26.2. The van der Waals surface area contributed by atoms with Crippen LogP contribution in [0.1, 0.15) is 40.2 Å². The molecule has 0 saturated carbocycles. The number of aryl methyl sites for hydroxylation is 1. The Kier molecular flexibility index (Phi) is 9.46. The van der Waals surface area contributed by atoms with E-state index in [1.807, 2.05) is 18.2 Å². The molecule has 5 heteroatoms. The van der Waals surface area contributed by atoms with Crippen LogP contribution in [0.3, 0.4) is 0 Å². The number of methoxy groups -OCH3 is 2. The molecule has 0 aliphatic carbocycles. The lowest BCUT2D eigenvalue weighted by Crippen LogP contribution is -2.33. The van der Waals surface area contributed by atoms with Crippen molar-refractivity contribution in [2.75, 3.05) is 32.3 Å². The summed E-state index contributed by atoms with van der Waals surface area (Å²) in [6.45, 7) is 4.25. The topological polar surface area (TPSA) is 30.9 Å². The molecule has 1 heterocycles. The highest BCUT2D eigenvalue weighted by molar-refractivity contribution is 5.67. The number of rotatable bonds is 11. The van der Waals surface area contributed by atoms with Crippen LogP contribution in [0.5, 0.6) is 11.5 Å². The lowest BCUT2D eigenvalue weighted by molar-refractivity contribution is 0.108. The van der Waals surface area contributed by atoms with Crippen LogP contribution in [-0.4, -0.2) is 33.4 Å². The molecule has 0 amide bonds. The van der Waals surface area contributed by atoms with Gasteiger partial charge in [-0.15, -0.1) is 0 Å². The Morgan fingerprint density at radius 1 is 0.778 bits per heavy atom. The number of anilines is 1. The minimum atomic E-state index is -0.253. The Balaban J connectivity index is 1.18. The smallest absolute Gasteiger partial charge is 0.131 e. The van der Waals surface area contributed by atoms with Gasteiger partial charge in [0.2, 0.25) is 0 Å². The summed E-state index contributed by atoms with van der Waals surface area (Å²) in [4.78, 5) is 2.49. The van der Waals surface area contributed by atoms with E-state index in [0.717, 1.165) is 36.3 Å². The molecule has 0 radical (unpaired) electrons. The van der Waals surface area contributed by atoms with Crippen LogP contribution in [-0.2, 0) is 17.8 Å². The summed E-state index contributed by atoms with van der Waals surface area (Å²) in [5.74, 6) is 1.68. The van der Waals surface area contributed by atoms with Crippen molar-refractivity contribution in [2.24, 2.45) is 0 Å². The van der Waals surface area contributed by atoms with Gasteiger partial charge in [0, 0.05) is 23.7 Å². The number of nitrogens with zero attached hydrogens (tertiary/aromatic N) is 1. The molecule has 5 aromatic carbocycles. The van der Waals surface area contributed by atoms with Crippen LogP contribution in [0.2, 0.25) is 0 Å². The van der Waals surface area contributed by atoms with Gasteiger partial charge < -0.3 is 19.1 Å². The maximum absolute atomic E-state index is 14.6. The summed E-state index contributed by atoms with van der Waals surface area (Å²) in [5, 5.41) is 0. The van der Waals surface area contributed by atoms with E-state index < -0.39 is 0 Å². The molecule has 5 aromatic rings. The van der Waals surface area contributed by atoms with Gasteiger partial charge in [-0.05, 0) is 89.5 Å². The van der Waals surface area contributed by atoms with E-state index in [1.165, 1.54) is 34.0 Å². The standard InChI is InChI=1S/C40H40FNO3/c1-28-21-32(38-24-36(43-2)19-20-39(38)41)16-15-31(28)22-29-13-17-34(18-14-29)42-25-33(37-11-7-8-12-40(37)44-3)23-35(42)27-45-26-30-9-5-4-6-10-30/h4-21,24,33,35H,22-23,25-27H2,1-3H3/t33?,35-/m1/s1.